The van der Waals surface area contributed by atoms with Gasteiger partial charge < -0.3 is 5.11 Å². The lowest BCUT2D eigenvalue weighted by Crippen LogP contribution is -2.12. The van der Waals surface area contributed by atoms with Gasteiger partial charge in [-0.15, -0.1) is 0 Å². The quantitative estimate of drug-likeness (QED) is 0.723. The summed E-state index contributed by atoms with van der Waals surface area (Å²) >= 11 is 7.46. The van der Waals surface area contributed by atoms with Gasteiger partial charge in [-0.05, 0) is 17.7 Å². The minimum atomic E-state index is -0.715. The molecule has 0 bridgehead atoms. The van der Waals surface area contributed by atoms with Gasteiger partial charge in [-0.25, -0.2) is 4.39 Å². The Balaban J connectivity index is 2.60. The average Bonchev–Trinajstić information content (AvgIpc) is 2.12. The topological polar surface area (TPSA) is 20.2 Å². The van der Waals surface area contributed by atoms with Crippen LogP contribution in [0.3, 0.4) is 0 Å². The molecule has 0 radical (unpaired) electrons. The lowest BCUT2D eigenvalue weighted by molar-refractivity contribution is 0.196. The molecule has 1 unspecified atom stereocenters. The SMILES string of the molecule is OC1CSCc2c(Cl)ccc(F)c21. The van der Waals surface area contributed by atoms with Crippen LogP contribution in [0, 0.1) is 5.82 Å². The third-order valence-electron chi connectivity index (χ3n) is 2.10. The van der Waals surface area contributed by atoms with Gasteiger partial charge in [0, 0.05) is 22.1 Å². The summed E-state index contributed by atoms with van der Waals surface area (Å²) in [4.78, 5) is 0. The van der Waals surface area contributed by atoms with Crippen LogP contribution in [0.1, 0.15) is 17.2 Å². The molecule has 0 spiro atoms. The van der Waals surface area contributed by atoms with Gasteiger partial charge in [0.05, 0.1) is 6.10 Å². The summed E-state index contributed by atoms with van der Waals surface area (Å²) < 4.78 is 13.3. The lowest BCUT2D eigenvalue weighted by Gasteiger charge is -2.22. The molecule has 2 rings (SSSR count). The van der Waals surface area contributed by atoms with Crippen molar-refractivity contribution < 1.29 is 9.50 Å². The molecule has 1 aromatic carbocycles. The van der Waals surface area contributed by atoms with Crippen LogP contribution in [0.15, 0.2) is 12.1 Å². The molecule has 1 atom stereocenters. The van der Waals surface area contributed by atoms with Crippen molar-refractivity contribution in [2.45, 2.75) is 11.9 Å². The van der Waals surface area contributed by atoms with Gasteiger partial charge >= 0.3 is 0 Å². The van der Waals surface area contributed by atoms with E-state index >= 15 is 0 Å². The number of fused-ring (bicyclic) bond motifs is 1. The first-order valence-corrected chi connectivity index (χ1v) is 5.46. The molecule has 70 valence electrons. The number of aliphatic hydroxyl groups is 1. The van der Waals surface area contributed by atoms with E-state index in [1.165, 1.54) is 12.1 Å². The molecule has 1 N–H and O–H groups in total. The second kappa shape index (κ2) is 3.48. The normalized spacial score (nSPS) is 21.3. The van der Waals surface area contributed by atoms with Crippen LogP contribution >= 0.6 is 23.4 Å². The molecule has 0 fully saturated rings. The largest absolute Gasteiger partial charge is 0.387 e. The maximum absolute atomic E-state index is 13.3. The molecule has 1 aliphatic heterocycles. The van der Waals surface area contributed by atoms with Crippen molar-refractivity contribution in [3.63, 3.8) is 0 Å². The molecule has 0 saturated carbocycles. The van der Waals surface area contributed by atoms with E-state index in [-0.39, 0.29) is 5.82 Å². The second-order valence-electron chi connectivity index (χ2n) is 2.95. The van der Waals surface area contributed by atoms with Crippen LogP contribution in [0.25, 0.3) is 0 Å². The van der Waals surface area contributed by atoms with Crippen LogP contribution in [0.5, 0.6) is 0 Å². The Labute approximate surface area is 84.9 Å². The third-order valence-corrected chi connectivity index (χ3v) is 3.50. The fourth-order valence-electron chi connectivity index (χ4n) is 1.47. The Morgan fingerprint density at radius 1 is 1.54 bits per heavy atom. The van der Waals surface area contributed by atoms with E-state index in [1.54, 1.807) is 11.8 Å². The van der Waals surface area contributed by atoms with Crippen molar-refractivity contribution in [2.75, 3.05) is 5.75 Å². The van der Waals surface area contributed by atoms with Crippen LogP contribution < -0.4 is 0 Å². The standard InChI is InChI=1S/C9H8ClFOS/c10-6-1-2-7(11)9-5(6)3-13-4-8(9)12/h1-2,8,12H,3-4H2. The lowest BCUT2D eigenvalue weighted by atomic mass is 10.0. The van der Waals surface area contributed by atoms with Crippen LogP contribution in [0.2, 0.25) is 5.02 Å². The molecule has 0 saturated heterocycles. The van der Waals surface area contributed by atoms with Gasteiger partial charge in [-0.2, -0.15) is 11.8 Å². The summed E-state index contributed by atoms with van der Waals surface area (Å²) in [6.07, 6.45) is -0.715. The number of halogens is 2. The first-order valence-electron chi connectivity index (χ1n) is 3.92. The molecule has 1 aromatic rings. The van der Waals surface area contributed by atoms with Gasteiger partial charge in [0.15, 0.2) is 0 Å². The number of benzene rings is 1. The van der Waals surface area contributed by atoms with E-state index in [0.717, 1.165) is 5.56 Å². The highest BCUT2D eigenvalue weighted by Crippen LogP contribution is 2.37. The number of aliphatic hydroxyl groups excluding tert-OH is 1. The molecule has 0 aliphatic carbocycles. The van der Waals surface area contributed by atoms with Crippen molar-refractivity contribution in [2.24, 2.45) is 0 Å². The Kier molecular flexibility index (Phi) is 2.49. The third kappa shape index (κ3) is 1.56. The van der Waals surface area contributed by atoms with E-state index < -0.39 is 6.10 Å². The summed E-state index contributed by atoms with van der Waals surface area (Å²) in [5, 5.41) is 10.1. The fourth-order valence-corrected chi connectivity index (χ4v) is 2.81. The zero-order valence-corrected chi connectivity index (χ0v) is 8.33. The number of rotatable bonds is 0. The van der Waals surface area contributed by atoms with E-state index in [2.05, 4.69) is 0 Å². The highest BCUT2D eigenvalue weighted by molar-refractivity contribution is 7.98. The summed E-state index contributed by atoms with van der Waals surface area (Å²) in [5.41, 5.74) is 1.12. The number of thioether (sulfide) groups is 1. The fraction of sp³-hybridized carbons (Fsp3) is 0.333. The number of hydrogen-bond acceptors (Lipinski definition) is 2. The predicted octanol–water partition coefficient (Wildman–Crippen LogP) is 2.76. The summed E-state index contributed by atoms with van der Waals surface area (Å²) in [5.74, 6) is 0.875. The molecule has 0 amide bonds. The maximum atomic E-state index is 13.3. The summed E-state index contributed by atoms with van der Waals surface area (Å²) in [6, 6.07) is 2.84. The Bertz CT molecular complexity index is 343. The molecule has 1 nitrogen and oxygen atoms in total. The minimum Gasteiger partial charge on any atom is -0.387 e. The second-order valence-corrected chi connectivity index (χ2v) is 4.39. The van der Waals surface area contributed by atoms with Crippen molar-refractivity contribution in [1.29, 1.82) is 0 Å². The predicted molar refractivity (Wildman–Crippen MR) is 52.5 cm³/mol. The van der Waals surface area contributed by atoms with Crippen molar-refractivity contribution in [3.05, 3.63) is 34.1 Å². The van der Waals surface area contributed by atoms with E-state index in [0.29, 0.717) is 22.1 Å². The smallest absolute Gasteiger partial charge is 0.129 e. The van der Waals surface area contributed by atoms with E-state index in [1.807, 2.05) is 0 Å². The molecule has 13 heavy (non-hydrogen) atoms. The van der Waals surface area contributed by atoms with Crippen LogP contribution in [-0.4, -0.2) is 10.9 Å². The molecule has 0 aromatic heterocycles. The molecular weight excluding hydrogens is 211 g/mol. The first-order chi connectivity index (χ1) is 6.20. The van der Waals surface area contributed by atoms with Crippen LogP contribution in [-0.2, 0) is 5.75 Å². The zero-order valence-electron chi connectivity index (χ0n) is 6.76. The maximum Gasteiger partial charge on any atom is 0.129 e. The Morgan fingerprint density at radius 2 is 2.31 bits per heavy atom. The minimum absolute atomic E-state index is 0.354. The first kappa shape index (κ1) is 9.31. The van der Waals surface area contributed by atoms with E-state index in [4.69, 9.17) is 11.6 Å². The highest BCUT2D eigenvalue weighted by Gasteiger charge is 2.23. The zero-order chi connectivity index (χ0) is 9.42. The average molecular weight is 219 g/mol. The molecule has 4 heteroatoms. The van der Waals surface area contributed by atoms with Crippen molar-refractivity contribution >= 4 is 23.4 Å². The van der Waals surface area contributed by atoms with Gasteiger partial charge in [0.2, 0.25) is 0 Å². The monoisotopic (exact) mass is 218 g/mol. The summed E-state index contributed by atoms with van der Waals surface area (Å²) in [7, 11) is 0. The van der Waals surface area contributed by atoms with E-state index in [9.17, 15) is 9.50 Å². The van der Waals surface area contributed by atoms with Crippen LogP contribution in [0.4, 0.5) is 4.39 Å². The number of hydrogen-bond donors (Lipinski definition) is 1. The molecule has 1 aliphatic rings. The van der Waals surface area contributed by atoms with Crippen molar-refractivity contribution in [1.82, 2.24) is 0 Å². The molecule has 1 heterocycles. The van der Waals surface area contributed by atoms with Crippen molar-refractivity contribution in [3.8, 4) is 0 Å². The van der Waals surface area contributed by atoms with Gasteiger partial charge in [0.25, 0.3) is 0 Å². The highest BCUT2D eigenvalue weighted by atomic mass is 35.5. The van der Waals surface area contributed by atoms with Gasteiger partial charge in [0.1, 0.15) is 5.82 Å². The van der Waals surface area contributed by atoms with Gasteiger partial charge in [-0.1, -0.05) is 11.6 Å². The van der Waals surface area contributed by atoms with Gasteiger partial charge in [-0.3, -0.25) is 0 Å². The molecular formula is C9H8ClFOS. The Hall–Kier alpha value is -0.250. The summed E-state index contributed by atoms with van der Waals surface area (Å²) in [6.45, 7) is 0. The Morgan fingerprint density at radius 3 is 3.00 bits per heavy atom.